The molecule has 0 bridgehead atoms. The molecule has 3 rings (SSSR count). The zero-order valence-corrected chi connectivity index (χ0v) is 18.0. The average Bonchev–Trinajstić information content (AvgIpc) is 3.03. The van der Waals surface area contributed by atoms with Gasteiger partial charge in [0.1, 0.15) is 10.7 Å². The first-order valence-corrected chi connectivity index (χ1v) is 11.1. The topological polar surface area (TPSA) is 81.2 Å². The van der Waals surface area contributed by atoms with Gasteiger partial charge in [-0.05, 0) is 51.2 Å². The van der Waals surface area contributed by atoms with Gasteiger partial charge in [0.15, 0.2) is 5.16 Å². The van der Waals surface area contributed by atoms with E-state index >= 15 is 0 Å². The maximum Gasteiger partial charge on any atom is 0.433 e. The normalized spacial score (nSPS) is 13.8. The molecule has 1 amide bonds. The number of halogens is 3. The molecule has 1 aliphatic rings. The van der Waals surface area contributed by atoms with Gasteiger partial charge in [0, 0.05) is 11.1 Å². The molecule has 1 N–H and O–H groups in total. The minimum absolute atomic E-state index is 0.148. The molecular weight excluding hydrogens is 439 g/mol. The fourth-order valence-corrected chi connectivity index (χ4v) is 4.93. The number of fused-ring (bicyclic) bond motifs is 1. The molecule has 11 heteroatoms. The number of alkyl halides is 3. The van der Waals surface area contributed by atoms with Crippen molar-refractivity contribution in [3.05, 3.63) is 34.0 Å². The number of carbonyl (C=O) groups is 2. The van der Waals surface area contributed by atoms with E-state index in [4.69, 9.17) is 4.74 Å². The predicted molar refractivity (Wildman–Crippen MR) is 108 cm³/mol. The molecule has 0 aromatic carbocycles. The third kappa shape index (κ3) is 5.51. The van der Waals surface area contributed by atoms with Gasteiger partial charge in [-0.1, -0.05) is 11.8 Å². The summed E-state index contributed by atoms with van der Waals surface area (Å²) in [5.41, 5.74) is 0.239. The molecule has 0 spiro atoms. The van der Waals surface area contributed by atoms with E-state index < -0.39 is 23.7 Å². The molecule has 2 heterocycles. The highest BCUT2D eigenvalue weighted by Crippen LogP contribution is 2.39. The summed E-state index contributed by atoms with van der Waals surface area (Å²) >= 11 is 2.14. The highest BCUT2D eigenvalue weighted by atomic mass is 32.2. The molecule has 2 aromatic heterocycles. The van der Waals surface area contributed by atoms with Crippen molar-refractivity contribution < 1.29 is 27.5 Å². The zero-order valence-electron chi connectivity index (χ0n) is 16.3. The van der Waals surface area contributed by atoms with E-state index in [-0.39, 0.29) is 17.0 Å². The monoisotopic (exact) mass is 459 g/mol. The number of aryl methyl sites for hydroxylation is 1. The van der Waals surface area contributed by atoms with Crippen molar-refractivity contribution in [1.82, 2.24) is 9.97 Å². The molecular formula is C19H20F3N3O3S2. The molecule has 0 saturated heterocycles. The summed E-state index contributed by atoms with van der Waals surface area (Å²) < 4.78 is 43.6. The first-order chi connectivity index (χ1) is 14.1. The Morgan fingerprint density at radius 1 is 1.30 bits per heavy atom. The van der Waals surface area contributed by atoms with Crippen molar-refractivity contribution in [3.8, 4) is 0 Å². The smallest absolute Gasteiger partial charge is 0.433 e. The van der Waals surface area contributed by atoms with Gasteiger partial charge < -0.3 is 10.1 Å². The predicted octanol–water partition coefficient (Wildman–Crippen LogP) is 4.73. The number of carbonyl (C=O) groups excluding carboxylic acids is 2. The first-order valence-electron chi connectivity index (χ1n) is 9.33. The quantitative estimate of drug-likeness (QED) is 0.382. The van der Waals surface area contributed by atoms with Crippen molar-refractivity contribution in [2.24, 2.45) is 0 Å². The Morgan fingerprint density at radius 3 is 2.73 bits per heavy atom. The number of esters is 1. The van der Waals surface area contributed by atoms with Crippen molar-refractivity contribution in [2.75, 3.05) is 11.1 Å². The van der Waals surface area contributed by atoms with Crippen LogP contribution in [0.5, 0.6) is 0 Å². The van der Waals surface area contributed by atoms with Crippen LogP contribution in [0.1, 0.15) is 53.2 Å². The minimum atomic E-state index is -4.58. The van der Waals surface area contributed by atoms with E-state index in [0.29, 0.717) is 10.6 Å². The number of ether oxygens (including phenoxy) is 1. The summed E-state index contributed by atoms with van der Waals surface area (Å²) in [5, 5.41) is 2.99. The van der Waals surface area contributed by atoms with Crippen LogP contribution in [0.4, 0.5) is 18.2 Å². The summed E-state index contributed by atoms with van der Waals surface area (Å²) in [6.45, 7) is 3.50. The number of nitrogens with one attached hydrogen (secondary N) is 1. The van der Waals surface area contributed by atoms with E-state index in [2.05, 4.69) is 15.3 Å². The zero-order chi connectivity index (χ0) is 21.9. The van der Waals surface area contributed by atoms with Gasteiger partial charge in [-0.3, -0.25) is 4.79 Å². The lowest BCUT2D eigenvalue weighted by molar-refractivity contribution is -0.141. The Balaban J connectivity index is 1.72. The van der Waals surface area contributed by atoms with Crippen LogP contribution in [0, 0.1) is 0 Å². The second-order valence-electron chi connectivity index (χ2n) is 6.93. The average molecular weight is 460 g/mol. The van der Waals surface area contributed by atoms with E-state index in [1.54, 1.807) is 13.8 Å². The van der Waals surface area contributed by atoms with Crippen molar-refractivity contribution in [3.63, 3.8) is 0 Å². The summed E-state index contributed by atoms with van der Waals surface area (Å²) in [6, 6.07) is 0.771. The SMILES string of the molecule is CC(C)OC(=O)c1c(NC(=O)CSc2nccc(C(F)(F)F)n2)sc2c1CCCC2. The molecule has 0 atom stereocenters. The molecule has 0 unspecified atom stereocenters. The van der Waals surface area contributed by atoms with Crippen LogP contribution in [-0.2, 0) is 28.5 Å². The Morgan fingerprint density at radius 2 is 2.03 bits per heavy atom. The molecule has 0 aliphatic heterocycles. The number of thiophene rings is 1. The van der Waals surface area contributed by atoms with Crippen LogP contribution < -0.4 is 5.32 Å². The Bertz CT molecular complexity index is 945. The molecule has 1 aliphatic carbocycles. The number of amides is 1. The standard InChI is InChI=1S/C19H20F3N3O3S2/c1-10(2)28-17(27)15-11-5-3-4-6-12(11)30-16(15)25-14(26)9-29-18-23-8-7-13(24-18)19(20,21)22/h7-8,10H,3-6,9H2,1-2H3,(H,25,26). The lowest BCUT2D eigenvalue weighted by Crippen LogP contribution is -2.19. The number of anilines is 1. The third-order valence-corrected chi connectivity index (χ3v) is 6.30. The molecule has 0 fully saturated rings. The molecule has 6 nitrogen and oxygen atoms in total. The minimum Gasteiger partial charge on any atom is -0.459 e. The second-order valence-corrected chi connectivity index (χ2v) is 8.98. The fraction of sp³-hybridized carbons (Fsp3) is 0.474. The Labute approximate surface area is 179 Å². The summed E-state index contributed by atoms with van der Waals surface area (Å²) in [4.78, 5) is 33.3. The summed E-state index contributed by atoms with van der Waals surface area (Å²) in [7, 11) is 0. The number of aromatic nitrogens is 2. The number of thioether (sulfide) groups is 1. The van der Waals surface area contributed by atoms with Gasteiger partial charge in [-0.2, -0.15) is 13.2 Å². The number of hydrogen-bond acceptors (Lipinski definition) is 7. The van der Waals surface area contributed by atoms with Crippen LogP contribution in [0.25, 0.3) is 0 Å². The molecule has 0 saturated carbocycles. The van der Waals surface area contributed by atoms with Gasteiger partial charge in [-0.25, -0.2) is 14.8 Å². The first kappa shape index (κ1) is 22.5. The number of nitrogens with zero attached hydrogens (tertiary/aromatic N) is 2. The van der Waals surface area contributed by atoms with Crippen molar-refractivity contribution in [2.45, 2.75) is 57.0 Å². The van der Waals surface area contributed by atoms with Gasteiger partial charge in [0.25, 0.3) is 0 Å². The maximum absolute atomic E-state index is 12.8. The van der Waals surface area contributed by atoms with Gasteiger partial charge in [-0.15, -0.1) is 11.3 Å². The molecule has 30 heavy (non-hydrogen) atoms. The number of hydrogen-bond donors (Lipinski definition) is 1. The highest BCUT2D eigenvalue weighted by Gasteiger charge is 2.33. The van der Waals surface area contributed by atoms with Crippen LogP contribution in [0.2, 0.25) is 0 Å². The lowest BCUT2D eigenvalue weighted by Gasteiger charge is -2.14. The summed E-state index contributed by atoms with van der Waals surface area (Å²) in [6.07, 6.45) is -0.314. The molecule has 0 radical (unpaired) electrons. The largest absolute Gasteiger partial charge is 0.459 e. The van der Waals surface area contributed by atoms with E-state index in [1.807, 2.05) is 0 Å². The highest BCUT2D eigenvalue weighted by molar-refractivity contribution is 7.99. The third-order valence-electron chi connectivity index (χ3n) is 4.23. The Hall–Kier alpha value is -2.14. The van der Waals surface area contributed by atoms with Crippen LogP contribution in [-0.4, -0.2) is 33.7 Å². The van der Waals surface area contributed by atoms with Gasteiger partial charge >= 0.3 is 12.1 Å². The van der Waals surface area contributed by atoms with Crippen LogP contribution >= 0.6 is 23.1 Å². The van der Waals surface area contributed by atoms with Crippen LogP contribution in [0.15, 0.2) is 17.4 Å². The molecule has 162 valence electrons. The van der Waals surface area contributed by atoms with E-state index in [0.717, 1.165) is 60.1 Å². The van der Waals surface area contributed by atoms with Crippen molar-refractivity contribution >= 4 is 40.0 Å². The lowest BCUT2D eigenvalue weighted by atomic mass is 9.95. The fourth-order valence-electron chi connectivity index (χ4n) is 3.00. The van der Waals surface area contributed by atoms with Gasteiger partial charge in [0.2, 0.25) is 5.91 Å². The summed E-state index contributed by atoms with van der Waals surface area (Å²) in [5.74, 6) is -1.13. The second kappa shape index (κ2) is 9.34. The van der Waals surface area contributed by atoms with E-state index in [1.165, 1.54) is 11.3 Å². The van der Waals surface area contributed by atoms with Gasteiger partial charge in [0.05, 0.1) is 17.4 Å². The Kier molecular flexibility index (Phi) is 7.02. The van der Waals surface area contributed by atoms with Crippen LogP contribution in [0.3, 0.4) is 0 Å². The number of rotatable bonds is 6. The molecule has 2 aromatic rings. The maximum atomic E-state index is 12.8. The van der Waals surface area contributed by atoms with Crippen molar-refractivity contribution in [1.29, 1.82) is 0 Å². The van der Waals surface area contributed by atoms with E-state index in [9.17, 15) is 22.8 Å².